The number of aryl methyl sites for hydroxylation is 1. The predicted octanol–water partition coefficient (Wildman–Crippen LogP) is 6.02. The number of pyridine rings is 1. The third-order valence-corrected chi connectivity index (χ3v) is 6.28. The highest BCUT2D eigenvalue weighted by atomic mass is 14.7. The van der Waals surface area contributed by atoms with Gasteiger partial charge in [-0.15, -0.1) is 0 Å². The number of fused-ring (bicyclic) bond motifs is 3. The second-order valence-electron chi connectivity index (χ2n) is 7.77. The van der Waals surface area contributed by atoms with Crippen LogP contribution in [0.25, 0.3) is 0 Å². The van der Waals surface area contributed by atoms with Crippen molar-refractivity contribution in [2.75, 3.05) is 0 Å². The Labute approximate surface area is 156 Å². The van der Waals surface area contributed by atoms with Crippen LogP contribution in [0.4, 0.5) is 0 Å². The van der Waals surface area contributed by atoms with E-state index in [2.05, 4.69) is 66.9 Å². The van der Waals surface area contributed by atoms with Gasteiger partial charge in [-0.2, -0.15) is 0 Å². The molecule has 1 heteroatoms. The van der Waals surface area contributed by atoms with Gasteiger partial charge in [-0.1, -0.05) is 60.7 Å². The molecule has 0 radical (unpaired) electrons. The van der Waals surface area contributed by atoms with Crippen molar-refractivity contribution in [3.63, 3.8) is 0 Å². The molecule has 0 aliphatic heterocycles. The summed E-state index contributed by atoms with van der Waals surface area (Å²) in [5.74, 6) is 1.01. The summed E-state index contributed by atoms with van der Waals surface area (Å²) in [4.78, 5) is 5.02. The number of aromatic nitrogens is 1. The molecule has 1 heterocycles. The third kappa shape index (κ3) is 2.67. The lowest BCUT2D eigenvalue weighted by Gasteiger charge is -2.33. The average Bonchev–Trinajstić information content (AvgIpc) is 2.74. The summed E-state index contributed by atoms with van der Waals surface area (Å²) in [7, 11) is 0. The van der Waals surface area contributed by atoms with E-state index >= 15 is 0 Å². The maximum atomic E-state index is 5.02. The molecule has 2 aliphatic rings. The monoisotopic (exact) mass is 339 g/mol. The molecule has 0 bridgehead atoms. The van der Waals surface area contributed by atoms with Crippen LogP contribution in [-0.4, -0.2) is 4.98 Å². The largest absolute Gasteiger partial charge is 0.260 e. The molecule has 2 atom stereocenters. The van der Waals surface area contributed by atoms with E-state index in [4.69, 9.17) is 4.98 Å². The summed E-state index contributed by atoms with van der Waals surface area (Å²) in [6.07, 6.45) is 9.61. The van der Waals surface area contributed by atoms with E-state index in [0.29, 0.717) is 11.8 Å². The van der Waals surface area contributed by atoms with Crippen molar-refractivity contribution >= 4 is 0 Å². The fourth-order valence-corrected chi connectivity index (χ4v) is 5.11. The topological polar surface area (TPSA) is 12.9 Å². The molecule has 2 aromatic carbocycles. The maximum absolute atomic E-state index is 5.02. The molecule has 0 amide bonds. The zero-order valence-electron chi connectivity index (χ0n) is 15.2. The summed E-state index contributed by atoms with van der Waals surface area (Å²) in [5.41, 5.74) is 8.93. The minimum atomic E-state index is 0.462. The molecule has 3 aromatic rings. The summed E-state index contributed by atoms with van der Waals surface area (Å²) in [5, 5.41) is 0. The molecule has 0 saturated heterocycles. The lowest BCUT2D eigenvalue weighted by Crippen LogP contribution is -2.21. The van der Waals surface area contributed by atoms with Crippen LogP contribution in [0.3, 0.4) is 0 Å². The van der Waals surface area contributed by atoms with Gasteiger partial charge in [0.05, 0.1) is 5.69 Å². The summed E-state index contributed by atoms with van der Waals surface area (Å²) in [6.45, 7) is 0. The van der Waals surface area contributed by atoms with Gasteiger partial charge in [0.1, 0.15) is 0 Å². The molecule has 1 aromatic heterocycles. The first-order valence-corrected chi connectivity index (χ1v) is 10.0. The van der Waals surface area contributed by atoms with E-state index in [1.54, 1.807) is 11.1 Å². The van der Waals surface area contributed by atoms with E-state index in [0.717, 1.165) is 0 Å². The Kier molecular flexibility index (Phi) is 4.09. The highest BCUT2D eigenvalue weighted by Crippen LogP contribution is 2.44. The molecule has 5 rings (SSSR count). The highest BCUT2D eigenvalue weighted by Gasteiger charge is 2.31. The van der Waals surface area contributed by atoms with Crippen LogP contribution in [0.1, 0.15) is 71.0 Å². The molecule has 130 valence electrons. The van der Waals surface area contributed by atoms with Crippen molar-refractivity contribution in [2.24, 2.45) is 0 Å². The van der Waals surface area contributed by atoms with Gasteiger partial charge in [0.25, 0.3) is 0 Å². The van der Waals surface area contributed by atoms with Crippen LogP contribution in [0.2, 0.25) is 0 Å². The minimum Gasteiger partial charge on any atom is -0.260 e. The standard InChI is InChI=1S/C25H25N/c1-3-9-18(10-4-1)21-14-7-13-20-17-26-25-22(19-11-5-2-6-12-19)15-8-16-23(25)24(20)21/h1-6,9-12,17,21-22H,7-8,13-16H2. The Morgan fingerprint density at radius 3 is 2.04 bits per heavy atom. The Bertz CT molecular complexity index is 898. The van der Waals surface area contributed by atoms with E-state index in [9.17, 15) is 0 Å². The molecule has 2 unspecified atom stereocenters. The maximum Gasteiger partial charge on any atom is 0.0513 e. The normalized spacial score (nSPS) is 21.7. The zero-order chi connectivity index (χ0) is 17.3. The summed E-state index contributed by atoms with van der Waals surface area (Å²) < 4.78 is 0. The fraction of sp³-hybridized carbons (Fsp3) is 0.320. The lowest BCUT2D eigenvalue weighted by molar-refractivity contribution is 0.559. The van der Waals surface area contributed by atoms with Gasteiger partial charge < -0.3 is 0 Å². The number of hydrogen-bond donors (Lipinski definition) is 0. The second-order valence-corrected chi connectivity index (χ2v) is 7.77. The van der Waals surface area contributed by atoms with Crippen molar-refractivity contribution in [1.29, 1.82) is 0 Å². The molecule has 1 nitrogen and oxygen atoms in total. The quantitative estimate of drug-likeness (QED) is 0.556. The Hall–Kier alpha value is -2.41. The molecule has 2 aliphatic carbocycles. The van der Waals surface area contributed by atoms with Gasteiger partial charge >= 0.3 is 0 Å². The Morgan fingerprint density at radius 1 is 0.692 bits per heavy atom. The third-order valence-electron chi connectivity index (χ3n) is 6.28. The van der Waals surface area contributed by atoms with Gasteiger partial charge in [-0.05, 0) is 66.3 Å². The van der Waals surface area contributed by atoms with Gasteiger partial charge in [0.2, 0.25) is 0 Å². The average molecular weight is 339 g/mol. The second kappa shape index (κ2) is 6.72. The molecule has 0 N–H and O–H groups in total. The van der Waals surface area contributed by atoms with Crippen molar-refractivity contribution in [1.82, 2.24) is 4.98 Å². The van der Waals surface area contributed by atoms with Crippen molar-refractivity contribution < 1.29 is 0 Å². The van der Waals surface area contributed by atoms with Crippen molar-refractivity contribution in [2.45, 2.75) is 50.4 Å². The first-order chi connectivity index (χ1) is 12.9. The number of nitrogens with zero attached hydrogens (tertiary/aromatic N) is 1. The SMILES string of the molecule is c1ccc(C2CCCc3c2ncc2c3C(c3ccccc3)CCC2)cc1. The van der Waals surface area contributed by atoms with Gasteiger partial charge in [0, 0.05) is 18.0 Å². The van der Waals surface area contributed by atoms with Crippen LogP contribution >= 0.6 is 0 Å². The van der Waals surface area contributed by atoms with Crippen LogP contribution < -0.4 is 0 Å². The minimum absolute atomic E-state index is 0.462. The van der Waals surface area contributed by atoms with Gasteiger partial charge in [-0.3, -0.25) is 4.98 Å². The molecule has 0 spiro atoms. The molecular weight excluding hydrogens is 314 g/mol. The lowest BCUT2D eigenvalue weighted by atomic mass is 9.72. The van der Waals surface area contributed by atoms with Gasteiger partial charge in [0.15, 0.2) is 0 Å². The molecule has 26 heavy (non-hydrogen) atoms. The predicted molar refractivity (Wildman–Crippen MR) is 107 cm³/mol. The molecule has 0 saturated carbocycles. The van der Waals surface area contributed by atoms with E-state index in [1.165, 1.54) is 60.9 Å². The van der Waals surface area contributed by atoms with Crippen molar-refractivity contribution in [3.8, 4) is 0 Å². The Balaban J connectivity index is 1.65. The smallest absolute Gasteiger partial charge is 0.0513 e. The van der Waals surface area contributed by atoms with Crippen LogP contribution in [0.5, 0.6) is 0 Å². The first-order valence-electron chi connectivity index (χ1n) is 10.0. The van der Waals surface area contributed by atoms with Crippen LogP contribution in [0, 0.1) is 0 Å². The van der Waals surface area contributed by atoms with Crippen LogP contribution in [-0.2, 0) is 12.8 Å². The number of rotatable bonds is 2. The van der Waals surface area contributed by atoms with Gasteiger partial charge in [-0.25, -0.2) is 0 Å². The molecular formula is C25H25N. The zero-order valence-corrected chi connectivity index (χ0v) is 15.2. The highest BCUT2D eigenvalue weighted by molar-refractivity contribution is 5.49. The van der Waals surface area contributed by atoms with E-state index in [-0.39, 0.29) is 0 Å². The molecule has 0 fully saturated rings. The number of hydrogen-bond acceptors (Lipinski definition) is 1. The first kappa shape index (κ1) is 15.8. The summed E-state index contributed by atoms with van der Waals surface area (Å²) in [6, 6.07) is 22.1. The van der Waals surface area contributed by atoms with E-state index < -0.39 is 0 Å². The van der Waals surface area contributed by atoms with Crippen molar-refractivity contribution in [3.05, 3.63) is 100 Å². The Morgan fingerprint density at radius 2 is 1.31 bits per heavy atom. The fourth-order valence-electron chi connectivity index (χ4n) is 5.11. The number of benzene rings is 2. The summed E-state index contributed by atoms with van der Waals surface area (Å²) >= 11 is 0. The van der Waals surface area contributed by atoms with Crippen LogP contribution in [0.15, 0.2) is 66.9 Å². The van der Waals surface area contributed by atoms with E-state index in [1.807, 2.05) is 0 Å².